The van der Waals surface area contributed by atoms with Gasteiger partial charge in [-0.05, 0) is 31.2 Å². The summed E-state index contributed by atoms with van der Waals surface area (Å²) in [7, 11) is 1.62. The molecular formula is C17H23FN2O3S. The number of aromatic nitrogens is 1. The van der Waals surface area contributed by atoms with Gasteiger partial charge in [-0.25, -0.2) is 0 Å². The predicted octanol–water partition coefficient (Wildman–Crippen LogP) is 5.88. The van der Waals surface area contributed by atoms with Gasteiger partial charge in [0, 0.05) is 23.2 Å². The number of ether oxygens (including phenoxy) is 1. The Kier molecular flexibility index (Phi) is 16.8. The fourth-order valence-electron chi connectivity index (χ4n) is 1.09. The number of pyridine rings is 1. The Morgan fingerprint density at radius 2 is 1.83 bits per heavy atom. The third kappa shape index (κ3) is 12.2. The molecule has 0 amide bonds. The van der Waals surface area contributed by atoms with Crippen molar-refractivity contribution in [1.29, 1.82) is 0 Å². The second-order valence-corrected chi connectivity index (χ2v) is 4.25. The molecule has 1 aromatic carbocycles. The zero-order valence-electron chi connectivity index (χ0n) is 14.3. The highest BCUT2D eigenvalue weighted by Crippen LogP contribution is 2.21. The maximum absolute atomic E-state index is 11.8. The van der Waals surface area contributed by atoms with E-state index >= 15 is 0 Å². The summed E-state index contributed by atoms with van der Waals surface area (Å²) in [4.78, 5) is 13.8. The van der Waals surface area contributed by atoms with Gasteiger partial charge >= 0.3 is 0 Å². The number of nitro groups is 1. The van der Waals surface area contributed by atoms with Gasteiger partial charge in [0.15, 0.2) is 0 Å². The minimum atomic E-state index is -0.521. The first-order valence-corrected chi connectivity index (χ1v) is 7.84. The van der Waals surface area contributed by atoms with E-state index in [9.17, 15) is 14.0 Å². The minimum Gasteiger partial charge on any atom is -0.495 e. The number of benzene rings is 1. The highest BCUT2D eigenvalue weighted by atomic mass is 32.2. The molecule has 0 spiro atoms. The average Bonchev–Trinajstić information content (AvgIpc) is 2.65. The van der Waals surface area contributed by atoms with Crippen LogP contribution in [0.15, 0.2) is 66.3 Å². The molecule has 0 N–H and O–H groups in total. The second-order valence-electron chi connectivity index (χ2n) is 3.63. The first-order valence-electron chi connectivity index (χ1n) is 7.13. The molecule has 0 atom stereocenters. The van der Waals surface area contributed by atoms with Gasteiger partial charge in [0.1, 0.15) is 5.75 Å². The number of hydrogen-bond donors (Lipinski definition) is 0. The largest absolute Gasteiger partial charge is 0.495 e. The van der Waals surface area contributed by atoms with Crippen LogP contribution in [0.25, 0.3) is 0 Å². The van der Waals surface area contributed by atoms with Crippen LogP contribution < -0.4 is 4.74 Å². The monoisotopic (exact) mass is 354 g/mol. The fourth-order valence-corrected chi connectivity index (χ4v) is 1.33. The average molecular weight is 354 g/mol. The number of nitrogens with zero attached hydrogens (tertiary/aromatic N) is 2. The molecular weight excluding hydrogens is 331 g/mol. The van der Waals surface area contributed by atoms with Crippen LogP contribution in [-0.4, -0.2) is 17.0 Å². The van der Waals surface area contributed by atoms with Crippen LogP contribution in [0.5, 0.6) is 5.75 Å². The lowest BCUT2D eigenvalue weighted by Crippen LogP contribution is -1.85. The summed E-state index contributed by atoms with van der Waals surface area (Å²) in [5, 5.41) is 10.1. The summed E-state index contributed by atoms with van der Waals surface area (Å²) >= 11 is 0.0666. The lowest BCUT2D eigenvalue weighted by Gasteiger charge is -1.93. The molecule has 0 bridgehead atoms. The van der Waals surface area contributed by atoms with E-state index < -0.39 is 4.92 Å². The van der Waals surface area contributed by atoms with Gasteiger partial charge in [-0.15, -0.1) is 6.58 Å². The molecule has 0 aliphatic carbocycles. The molecule has 2 aromatic rings. The Hall–Kier alpha value is -2.41. The number of halogens is 1. The third-order valence-corrected chi connectivity index (χ3v) is 2.46. The van der Waals surface area contributed by atoms with Gasteiger partial charge < -0.3 is 4.74 Å². The summed E-state index contributed by atoms with van der Waals surface area (Å²) in [5.41, 5.74) is -0.0252. The predicted molar refractivity (Wildman–Crippen MR) is 98.1 cm³/mol. The number of allylic oxidation sites excluding steroid dienone is 1. The molecule has 2 rings (SSSR count). The van der Waals surface area contributed by atoms with Crippen molar-refractivity contribution in [2.45, 2.75) is 25.7 Å². The van der Waals surface area contributed by atoms with Gasteiger partial charge in [0.05, 0.1) is 30.4 Å². The maximum Gasteiger partial charge on any atom is 0.269 e. The standard InChI is InChI=1S/C6H4FNO2S.C6H7NO.C3H6.C2H6/c7-11-6-3-1-5(2-4-6)8(9)10;1-8-6-3-2-4-7-5-6;1-3-2;1-2/h1-4H;2-5H,1H3;3H,1H2,2H3;1-2H3. The van der Waals surface area contributed by atoms with Crippen LogP contribution in [0, 0.1) is 10.1 Å². The molecule has 7 heteroatoms. The van der Waals surface area contributed by atoms with Gasteiger partial charge in [-0.1, -0.05) is 19.9 Å². The normalized spacial score (nSPS) is 8.04. The molecule has 0 saturated carbocycles. The Morgan fingerprint density at radius 3 is 2.12 bits per heavy atom. The molecule has 0 aliphatic rings. The van der Waals surface area contributed by atoms with E-state index in [0.29, 0.717) is 4.90 Å². The van der Waals surface area contributed by atoms with Gasteiger partial charge in [0.25, 0.3) is 5.69 Å². The minimum absolute atomic E-state index is 0.0252. The SMILES string of the molecule is C=CC.CC.COc1cccnc1.O=[N+]([O-])c1ccc(SF)cc1. The number of hydrogen-bond acceptors (Lipinski definition) is 5. The Bertz CT molecular complexity index is 552. The molecule has 0 aliphatic heterocycles. The van der Waals surface area contributed by atoms with Gasteiger partial charge in [0.2, 0.25) is 0 Å². The molecule has 0 saturated heterocycles. The quantitative estimate of drug-likeness (QED) is 0.391. The van der Waals surface area contributed by atoms with Crippen molar-refractivity contribution < 1.29 is 13.5 Å². The topological polar surface area (TPSA) is 65.3 Å². The first-order chi connectivity index (χ1) is 11.6. The third-order valence-electron chi connectivity index (χ3n) is 2.01. The van der Waals surface area contributed by atoms with Crippen LogP contribution in [0.3, 0.4) is 0 Å². The van der Waals surface area contributed by atoms with Crippen LogP contribution in [0.1, 0.15) is 20.8 Å². The van der Waals surface area contributed by atoms with Crippen LogP contribution in [-0.2, 0) is 0 Å². The summed E-state index contributed by atoms with van der Waals surface area (Å²) in [6.07, 6.45) is 5.13. The summed E-state index contributed by atoms with van der Waals surface area (Å²) in [6, 6.07) is 8.95. The summed E-state index contributed by atoms with van der Waals surface area (Å²) < 4.78 is 16.7. The van der Waals surface area contributed by atoms with Crippen molar-refractivity contribution >= 4 is 17.8 Å². The van der Waals surface area contributed by atoms with E-state index in [0.717, 1.165) is 5.75 Å². The van der Waals surface area contributed by atoms with E-state index in [1.807, 2.05) is 32.9 Å². The number of methoxy groups -OCH3 is 1. The number of nitro benzene ring substituents is 1. The van der Waals surface area contributed by atoms with Gasteiger partial charge in [-0.3, -0.25) is 15.1 Å². The molecule has 0 radical (unpaired) electrons. The fraction of sp³-hybridized carbons (Fsp3) is 0.235. The molecule has 24 heavy (non-hydrogen) atoms. The molecule has 5 nitrogen and oxygen atoms in total. The summed E-state index contributed by atoms with van der Waals surface area (Å²) in [6.45, 7) is 9.25. The number of rotatable bonds is 3. The highest BCUT2D eigenvalue weighted by molar-refractivity contribution is 7.94. The lowest BCUT2D eigenvalue weighted by atomic mass is 10.3. The van der Waals surface area contributed by atoms with Crippen molar-refractivity contribution in [1.82, 2.24) is 4.98 Å². The maximum atomic E-state index is 11.8. The van der Waals surface area contributed by atoms with Crippen LogP contribution in [0.2, 0.25) is 0 Å². The van der Waals surface area contributed by atoms with E-state index in [1.165, 1.54) is 24.3 Å². The number of non-ortho nitro benzene ring substituents is 1. The lowest BCUT2D eigenvalue weighted by molar-refractivity contribution is -0.384. The van der Waals surface area contributed by atoms with E-state index in [1.54, 1.807) is 25.6 Å². The van der Waals surface area contributed by atoms with Gasteiger partial charge in [-0.2, -0.15) is 3.89 Å². The zero-order valence-corrected chi connectivity index (χ0v) is 15.1. The molecule has 0 unspecified atom stereocenters. The van der Waals surface area contributed by atoms with Crippen molar-refractivity contribution in [3.63, 3.8) is 0 Å². The van der Waals surface area contributed by atoms with Crippen molar-refractivity contribution in [3.05, 3.63) is 71.6 Å². The van der Waals surface area contributed by atoms with Crippen LogP contribution in [0.4, 0.5) is 9.57 Å². The second kappa shape index (κ2) is 17.0. The molecule has 132 valence electrons. The van der Waals surface area contributed by atoms with Crippen LogP contribution >= 0.6 is 12.1 Å². The van der Waals surface area contributed by atoms with E-state index in [2.05, 4.69) is 11.6 Å². The Morgan fingerprint density at radius 1 is 1.29 bits per heavy atom. The molecule has 1 heterocycles. The Labute approximate surface area is 147 Å². The Balaban J connectivity index is 0. The smallest absolute Gasteiger partial charge is 0.269 e. The van der Waals surface area contributed by atoms with E-state index in [-0.39, 0.29) is 17.8 Å². The molecule has 1 aromatic heterocycles. The van der Waals surface area contributed by atoms with Crippen molar-refractivity contribution in [2.75, 3.05) is 7.11 Å². The molecule has 0 fully saturated rings. The summed E-state index contributed by atoms with van der Waals surface area (Å²) in [5.74, 6) is 0.799. The van der Waals surface area contributed by atoms with Crippen molar-refractivity contribution in [2.24, 2.45) is 0 Å². The van der Waals surface area contributed by atoms with E-state index in [4.69, 9.17) is 4.74 Å². The highest BCUT2D eigenvalue weighted by Gasteiger charge is 2.03. The van der Waals surface area contributed by atoms with Crippen molar-refractivity contribution in [3.8, 4) is 5.75 Å². The zero-order chi connectivity index (χ0) is 18.8. The first kappa shape index (κ1) is 23.9.